The van der Waals surface area contributed by atoms with E-state index in [0.717, 1.165) is 5.56 Å². The highest BCUT2D eigenvalue weighted by atomic mass is 35.5. The Bertz CT molecular complexity index is 1550. The molecule has 0 aliphatic carbocycles. The van der Waals surface area contributed by atoms with Crippen LogP contribution in [0.3, 0.4) is 0 Å². The van der Waals surface area contributed by atoms with Gasteiger partial charge in [-0.05, 0) is 59.3 Å². The summed E-state index contributed by atoms with van der Waals surface area (Å²) in [7, 11) is 0. The van der Waals surface area contributed by atoms with Gasteiger partial charge in [0.15, 0.2) is 5.78 Å². The molecule has 0 unspecified atom stereocenters. The molecule has 0 amide bonds. The fraction of sp³-hybridized carbons (Fsp3) is 0.0741. The number of hydrogen-bond donors (Lipinski definition) is 1. The number of aromatic nitrogens is 4. The van der Waals surface area contributed by atoms with Gasteiger partial charge in [0.05, 0.1) is 6.54 Å². The van der Waals surface area contributed by atoms with Gasteiger partial charge in [-0.25, -0.2) is 4.98 Å². The van der Waals surface area contributed by atoms with Gasteiger partial charge in [-0.3, -0.25) is 19.1 Å². The van der Waals surface area contributed by atoms with Gasteiger partial charge in [-0.1, -0.05) is 23.7 Å². The first-order valence-corrected chi connectivity index (χ1v) is 11.6. The molecule has 0 atom stereocenters. The van der Waals surface area contributed by atoms with Crippen LogP contribution in [0.5, 0.6) is 11.6 Å². The van der Waals surface area contributed by atoms with Crippen LogP contribution in [0.25, 0.3) is 0 Å². The Morgan fingerprint density at radius 3 is 2.46 bits per heavy atom. The number of hydrogen-bond acceptors (Lipinski definition) is 8. The first kappa shape index (κ1) is 24.0. The van der Waals surface area contributed by atoms with Gasteiger partial charge in [0.2, 0.25) is 5.95 Å². The van der Waals surface area contributed by atoms with Crippen molar-refractivity contribution in [3.05, 3.63) is 124 Å². The maximum absolute atomic E-state index is 13.5. The van der Waals surface area contributed by atoms with Gasteiger partial charge < -0.3 is 14.6 Å². The number of ether oxygens (including phenoxy) is 1. The molecular formula is C27H20ClN5O4. The molecule has 2 aromatic carbocycles. The van der Waals surface area contributed by atoms with Crippen LogP contribution >= 0.6 is 11.6 Å². The summed E-state index contributed by atoms with van der Waals surface area (Å²) < 4.78 is 11.9. The Morgan fingerprint density at radius 1 is 1.00 bits per heavy atom. The van der Waals surface area contributed by atoms with E-state index in [4.69, 9.17) is 20.9 Å². The second-order valence-electron chi connectivity index (χ2n) is 8.05. The summed E-state index contributed by atoms with van der Waals surface area (Å²) in [5.74, 6) is 1.04. The molecule has 3 heterocycles. The third-order valence-corrected chi connectivity index (χ3v) is 5.72. The van der Waals surface area contributed by atoms with Crippen LogP contribution in [0, 0.1) is 0 Å². The quantitative estimate of drug-likeness (QED) is 0.265. The van der Waals surface area contributed by atoms with Crippen molar-refractivity contribution in [1.29, 1.82) is 0 Å². The molecule has 0 fully saturated rings. The van der Waals surface area contributed by atoms with Crippen LogP contribution in [0.4, 0.5) is 11.6 Å². The molecule has 5 rings (SSSR count). The van der Waals surface area contributed by atoms with Gasteiger partial charge in [-0.2, -0.15) is 0 Å². The minimum Gasteiger partial charge on any atom is -0.436 e. The molecule has 0 spiro atoms. The number of Topliss-reactive ketones (excluding diaryl/α,β-unsaturated/α-hetero) is 1. The van der Waals surface area contributed by atoms with E-state index in [1.807, 2.05) is 12.1 Å². The first-order valence-electron chi connectivity index (χ1n) is 11.3. The topological polar surface area (TPSA) is 112 Å². The minimum absolute atomic E-state index is 0.0785. The Morgan fingerprint density at radius 2 is 1.76 bits per heavy atom. The highest BCUT2D eigenvalue weighted by Gasteiger charge is 2.16. The molecule has 0 aliphatic rings. The number of halogens is 1. The maximum Gasteiger partial charge on any atom is 0.259 e. The number of carbonyl (C=O) groups is 1. The smallest absolute Gasteiger partial charge is 0.259 e. The predicted octanol–water partition coefficient (Wildman–Crippen LogP) is 5.29. The van der Waals surface area contributed by atoms with Crippen molar-refractivity contribution in [2.45, 2.75) is 13.0 Å². The number of carbonyl (C=O) groups excluding carboxylic acids is 1. The average molecular weight is 514 g/mol. The third kappa shape index (κ3) is 5.91. The summed E-state index contributed by atoms with van der Waals surface area (Å²) in [5.41, 5.74) is 1.99. The zero-order chi connectivity index (χ0) is 25.6. The lowest BCUT2D eigenvalue weighted by atomic mass is 10.1. The van der Waals surface area contributed by atoms with Gasteiger partial charge in [0.1, 0.15) is 12.0 Å². The summed E-state index contributed by atoms with van der Waals surface area (Å²) in [4.78, 5) is 34.7. The molecule has 0 aliphatic heterocycles. The Labute approximate surface area is 216 Å². The number of ketones is 1. The molecule has 184 valence electrons. The van der Waals surface area contributed by atoms with Crippen molar-refractivity contribution < 1.29 is 14.1 Å². The summed E-state index contributed by atoms with van der Waals surface area (Å²) in [6.45, 7) is 0.232. The summed E-state index contributed by atoms with van der Waals surface area (Å²) >= 11 is 6.03. The highest BCUT2D eigenvalue weighted by Crippen LogP contribution is 2.23. The van der Waals surface area contributed by atoms with Crippen LogP contribution in [-0.4, -0.2) is 25.5 Å². The van der Waals surface area contributed by atoms with Crippen LogP contribution in [0.15, 0.2) is 101 Å². The lowest BCUT2D eigenvalue weighted by molar-refractivity contribution is 0.0992. The molecular weight excluding hydrogens is 494 g/mol. The number of nitrogens with zero attached hydrogens (tertiary/aromatic N) is 4. The maximum atomic E-state index is 13.5. The van der Waals surface area contributed by atoms with Crippen LogP contribution in [0.1, 0.15) is 21.5 Å². The van der Waals surface area contributed by atoms with Gasteiger partial charge in [0.25, 0.3) is 11.4 Å². The molecule has 0 saturated carbocycles. The Balaban J connectivity index is 1.43. The zero-order valence-corrected chi connectivity index (χ0v) is 20.1. The van der Waals surface area contributed by atoms with E-state index < -0.39 is 0 Å². The van der Waals surface area contributed by atoms with E-state index in [9.17, 15) is 9.59 Å². The fourth-order valence-electron chi connectivity index (χ4n) is 3.60. The number of rotatable bonds is 9. The zero-order valence-electron chi connectivity index (χ0n) is 19.4. The highest BCUT2D eigenvalue weighted by molar-refractivity contribution is 6.30. The number of anilines is 2. The van der Waals surface area contributed by atoms with Crippen molar-refractivity contribution in [3.63, 3.8) is 0 Å². The van der Waals surface area contributed by atoms with E-state index in [2.05, 4.69) is 20.4 Å². The Kier molecular flexibility index (Phi) is 7.05. The standard InChI is InChI=1S/C27H20ClN5O4/c28-21-3-1-18(2-4-21)17-33-26(35)20(15-24(34)19-9-12-29-13-10-19)16-30-27(33)31-22-5-7-23(8-6-22)37-25-11-14-36-32-25/h1-14,16H,15,17H2,(H,30,31). The van der Waals surface area contributed by atoms with E-state index in [1.165, 1.54) is 17.0 Å². The van der Waals surface area contributed by atoms with Crippen LogP contribution in [0.2, 0.25) is 5.02 Å². The second-order valence-corrected chi connectivity index (χ2v) is 8.49. The van der Waals surface area contributed by atoms with Gasteiger partial charge in [-0.15, -0.1) is 0 Å². The van der Waals surface area contributed by atoms with Crippen molar-refractivity contribution >= 4 is 29.0 Å². The first-order chi connectivity index (χ1) is 18.0. The van der Waals surface area contributed by atoms with Crippen LogP contribution < -0.4 is 15.6 Å². The van der Waals surface area contributed by atoms with Crippen molar-refractivity contribution in [1.82, 2.24) is 19.7 Å². The molecule has 1 N–H and O–H groups in total. The number of benzene rings is 2. The molecule has 0 bridgehead atoms. The van der Waals surface area contributed by atoms with E-state index in [0.29, 0.717) is 33.9 Å². The predicted molar refractivity (Wildman–Crippen MR) is 138 cm³/mol. The second kappa shape index (κ2) is 10.9. The summed E-state index contributed by atoms with van der Waals surface area (Å²) in [6.07, 6.45) is 5.86. The van der Waals surface area contributed by atoms with E-state index >= 15 is 0 Å². The SMILES string of the molecule is O=C(Cc1cnc(Nc2ccc(Oc3ccon3)cc2)n(Cc2ccc(Cl)cc2)c1=O)c1ccncc1. The van der Waals surface area contributed by atoms with Crippen molar-refractivity contribution in [2.24, 2.45) is 0 Å². The summed E-state index contributed by atoms with van der Waals surface area (Å²) in [6, 6.07) is 19.1. The molecule has 37 heavy (non-hydrogen) atoms. The normalized spacial score (nSPS) is 10.7. The molecule has 3 aromatic heterocycles. The van der Waals surface area contributed by atoms with Crippen molar-refractivity contribution in [3.8, 4) is 11.6 Å². The number of pyridine rings is 1. The Hall–Kier alpha value is -4.76. The van der Waals surface area contributed by atoms with Crippen molar-refractivity contribution in [2.75, 3.05) is 5.32 Å². The fourth-order valence-corrected chi connectivity index (χ4v) is 3.72. The van der Waals surface area contributed by atoms with Crippen LogP contribution in [-0.2, 0) is 13.0 Å². The summed E-state index contributed by atoms with van der Waals surface area (Å²) in [5, 5.41) is 7.50. The monoisotopic (exact) mass is 513 g/mol. The lowest BCUT2D eigenvalue weighted by Crippen LogP contribution is -2.28. The van der Waals surface area contributed by atoms with Gasteiger partial charge >= 0.3 is 0 Å². The van der Waals surface area contributed by atoms with E-state index in [-0.39, 0.29) is 29.9 Å². The molecule has 0 radical (unpaired) electrons. The largest absolute Gasteiger partial charge is 0.436 e. The molecule has 0 saturated heterocycles. The molecule has 10 heteroatoms. The van der Waals surface area contributed by atoms with E-state index in [1.54, 1.807) is 67.0 Å². The molecule has 5 aromatic rings. The number of nitrogens with one attached hydrogen (secondary N) is 1. The average Bonchev–Trinajstić information content (AvgIpc) is 3.43. The minimum atomic E-state index is -0.319. The van der Waals surface area contributed by atoms with Gasteiger partial charge in [0, 0.05) is 52.9 Å². The molecule has 9 nitrogen and oxygen atoms in total. The third-order valence-electron chi connectivity index (χ3n) is 5.47. The lowest BCUT2D eigenvalue weighted by Gasteiger charge is -2.15.